The van der Waals surface area contributed by atoms with E-state index in [1.54, 1.807) is 24.3 Å². The average Bonchev–Trinajstić information content (AvgIpc) is 2.67. The van der Waals surface area contributed by atoms with Gasteiger partial charge >= 0.3 is 0 Å². The lowest BCUT2D eigenvalue weighted by atomic mass is 10.3. The van der Waals surface area contributed by atoms with Crippen LogP contribution in [0.3, 0.4) is 0 Å². The number of halogens is 1. The minimum absolute atomic E-state index is 0.296. The van der Waals surface area contributed by atoms with Crippen molar-refractivity contribution in [1.29, 1.82) is 0 Å². The number of hydrogen-bond acceptors (Lipinski definition) is 5. The van der Waals surface area contributed by atoms with E-state index in [0.29, 0.717) is 11.4 Å². The lowest BCUT2D eigenvalue weighted by Gasteiger charge is -2.11. The van der Waals surface area contributed by atoms with E-state index < -0.39 is 0 Å². The van der Waals surface area contributed by atoms with Crippen molar-refractivity contribution in [3.05, 3.63) is 78.6 Å². The highest BCUT2D eigenvalue weighted by atomic mass is 19.1. The summed E-state index contributed by atoms with van der Waals surface area (Å²) in [7, 11) is 3.98. The van der Waals surface area contributed by atoms with E-state index in [1.807, 2.05) is 55.4 Å². The van der Waals surface area contributed by atoms with Crippen molar-refractivity contribution in [2.24, 2.45) is 20.5 Å². The Hall–Kier alpha value is -3.41. The highest BCUT2D eigenvalue weighted by molar-refractivity contribution is 5.52. The summed E-state index contributed by atoms with van der Waals surface area (Å²) in [5.74, 6) is -0.296. The Bertz CT molecular complexity index is 898. The molecule has 0 spiro atoms. The van der Waals surface area contributed by atoms with Crippen LogP contribution >= 0.6 is 0 Å². The van der Waals surface area contributed by atoms with Gasteiger partial charge in [0.25, 0.3) is 0 Å². The smallest absolute Gasteiger partial charge is 0.123 e. The Morgan fingerprint density at radius 1 is 0.538 bits per heavy atom. The third-order valence-electron chi connectivity index (χ3n) is 3.60. The van der Waals surface area contributed by atoms with Gasteiger partial charge in [-0.05, 0) is 72.8 Å². The largest absolute Gasteiger partial charge is 0.378 e. The third kappa shape index (κ3) is 4.80. The van der Waals surface area contributed by atoms with Crippen molar-refractivity contribution in [2.45, 2.75) is 0 Å². The number of benzene rings is 3. The van der Waals surface area contributed by atoms with E-state index in [4.69, 9.17) is 0 Å². The van der Waals surface area contributed by atoms with Crippen LogP contribution in [-0.4, -0.2) is 14.1 Å². The molecule has 0 unspecified atom stereocenters. The lowest BCUT2D eigenvalue weighted by molar-refractivity contribution is 0.628. The molecule has 3 aromatic rings. The molecule has 0 aliphatic rings. The first-order valence-corrected chi connectivity index (χ1v) is 8.07. The van der Waals surface area contributed by atoms with Crippen LogP contribution in [0, 0.1) is 5.82 Å². The molecule has 0 fully saturated rings. The Morgan fingerprint density at radius 2 is 0.846 bits per heavy atom. The SMILES string of the molecule is CN(C)c1ccc(/N=N/c2ccc(/N=N/c3ccc(F)cc3)cc2)cc1. The first-order valence-electron chi connectivity index (χ1n) is 8.07. The van der Waals surface area contributed by atoms with E-state index in [1.165, 1.54) is 12.1 Å². The number of nitrogens with zero attached hydrogens (tertiary/aromatic N) is 5. The molecule has 0 saturated heterocycles. The maximum Gasteiger partial charge on any atom is 0.123 e. The Morgan fingerprint density at radius 3 is 1.19 bits per heavy atom. The molecule has 0 radical (unpaired) electrons. The van der Waals surface area contributed by atoms with Gasteiger partial charge in [0.1, 0.15) is 5.82 Å². The molecule has 6 heteroatoms. The van der Waals surface area contributed by atoms with Crippen LogP contribution in [0.25, 0.3) is 0 Å². The second-order valence-electron chi connectivity index (χ2n) is 5.80. The van der Waals surface area contributed by atoms with Crippen LogP contribution in [0.1, 0.15) is 0 Å². The van der Waals surface area contributed by atoms with Crippen LogP contribution in [0.5, 0.6) is 0 Å². The molecule has 0 N–H and O–H groups in total. The first-order chi connectivity index (χ1) is 12.6. The van der Waals surface area contributed by atoms with Crippen molar-refractivity contribution in [1.82, 2.24) is 0 Å². The fourth-order valence-electron chi connectivity index (χ4n) is 2.14. The first kappa shape index (κ1) is 17.4. The van der Waals surface area contributed by atoms with E-state index in [9.17, 15) is 4.39 Å². The van der Waals surface area contributed by atoms with E-state index in [-0.39, 0.29) is 5.82 Å². The minimum Gasteiger partial charge on any atom is -0.378 e. The molecule has 0 aliphatic carbocycles. The van der Waals surface area contributed by atoms with Gasteiger partial charge in [-0.3, -0.25) is 0 Å². The van der Waals surface area contributed by atoms with Gasteiger partial charge in [-0.15, -0.1) is 0 Å². The predicted octanol–water partition coefficient (Wildman–Crippen LogP) is 6.72. The van der Waals surface area contributed by atoms with Gasteiger partial charge in [-0.1, -0.05) is 0 Å². The fraction of sp³-hybridized carbons (Fsp3) is 0.100. The van der Waals surface area contributed by atoms with E-state index in [2.05, 4.69) is 20.5 Å². The van der Waals surface area contributed by atoms with Crippen LogP contribution in [-0.2, 0) is 0 Å². The Balaban J connectivity index is 1.64. The number of hydrogen-bond donors (Lipinski definition) is 0. The van der Waals surface area contributed by atoms with Crippen LogP contribution in [0.2, 0.25) is 0 Å². The molecule has 3 rings (SSSR count). The van der Waals surface area contributed by atoms with E-state index in [0.717, 1.165) is 17.1 Å². The zero-order chi connectivity index (χ0) is 18.4. The summed E-state index contributed by atoms with van der Waals surface area (Å²) in [5, 5.41) is 16.6. The molecule has 0 amide bonds. The highest BCUT2D eigenvalue weighted by Crippen LogP contribution is 2.24. The molecule has 0 atom stereocenters. The molecule has 0 bridgehead atoms. The minimum atomic E-state index is -0.296. The normalized spacial score (nSPS) is 11.3. The summed E-state index contributed by atoms with van der Waals surface area (Å²) < 4.78 is 12.9. The summed E-state index contributed by atoms with van der Waals surface area (Å²) in [6.45, 7) is 0. The zero-order valence-corrected chi connectivity index (χ0v) is 14.5. The molecule has 0 aliphatic heterocycles. The summed E-state index contributed by atoms with van der Waals surface area (Å²) in [4.78, 5) is 2.03. The summed E-state index contributed by atoms with van der Waals surface area (Å²) in [6.07, 6.45) is 0. The topological polar surface area (TPSA) is 52.7 Å². The summed E-state index contributed by atoms with van der Waals surface area (Å²) >= 11 is 0. The molecule has 3 aromatic carbocycles. The molecular weight excluding hydrogens is 329 g/mol. The molecule has 0 saturated carbocycles. The van der Waals surface area contributed by atoms with Crippen LogP contribution in [0.15, 0.2) is 93.3 Å². The maximum atomic E-state index is 12.9. The molecule has 130 valence electrons. The second-order valence-corrected chi connectivity index (χ2v) is 5.80. The molecule has 26 heavy (non-hydrogen) atoms. The lowest BCUT2D eigenvalue weighted by Crippen LogP contribution is -2.07. The number of anilines is 1. The van der Waals surface area contributed by atoms with Gasteiger partial charge in [0.05, 0.1) is 22.7 Å². The maximum absolute atomic E-state index is 12.9. The van der Waals surface area contributed by atoms with Gasteiger partial charge in [0.15, 0.2) is 0 Å². The third-order valence-corrected chi connectivity index (χ3v) is 3.60. The standard InChI is InChI=1S/C20H18FN5/c1-26(2)20-13-11-19(12-14-20)25-24-18-9-7-17(8-10-18)23-22-16-5-3-15(21)4-6-16/h3-14H,1-2H3/b23-22+,25-24+. The van der Waals surface area contributed by atoms with Crippen molar-refractivity contribution < 1.29 is 4.39 Å². The van der Waals surface area contributed by atoms with Gasteiger partial charge in [-0.25, -0.2) is 4.39 Å². The van der Waals surface area contributed by atoms with Gasteiger partial charge in [0.2, 0.25) is 0 Å². The summed E-state index contributed by atoms with van der Waals surface area (Å²) in [6, 6.07) is 20.9. The monoisotopic (exact) mass is 347 g/mol. The fourth-order valence-corrected chi connectivity index (χ4v) is 2.14. The molecule has 5 nitrogen and oxygen atoms in total. The van der Waals surface area contributed by atoms with E-state index >= 15 is 0 Å². The zero-order valence-electron chi connectivity index (χ0n) is 14.5. The van der Waals surface area contributed by atoms with Gasteiger partial charge in [0, 0.05) is 19.8 Å². The Labute approximate surface area is 151 Å². The number of azo groups is 2. The quantitative estimate of drug-likeness (QED) is 0.472. The van der Waals surface area contributed by atoms with Gasteiger partial charge < -0.3 is 4.90 Å². The van der Waals surface area contributed by atoms with Crippen LogP contribution < -0.4 is 4.90 Å². The molecule has 0 heterocycles. The predicted molar refractivity (Wildman–Crippen MR) is 102 cm³/mol. The van der Waals surface area contributed by atoms with Crippen molar-refractivity contribution in [3.8, 4) is 0 Å². The second kappa shape index (κ2) is 8.11. The van der Waals surface area contributed by atoms with Crippen molar-refractivity contribution >= 4 is 28.4 Å². The Kier molecular flexibility index (Phi) is 5.43. The average molecular weight is 347 g/mol. The molecular formula is C20H18FN5. The van der Waals surface area contributed by atoms with Crippen molar-refractivity contribution in [3.63, 3.8) is 0 Å². The van der Waals surface area contributed by atoms with Crippen LogP contribution in [0.4, 0.5) is 32.8 Å². The number of rotatable bonds is 5. The summed E-state index contributed by atoms with van der Waals surface area (Å²) in [5.41, 5.74) is 3.90. The van der Waals surface area contributed by atoms with Gasteiger partial charge in [-0.2, -0.15) is 20.5 Å². The molecule has 0 aromatic heterocycles. The highest BCUT2D eigenvalue weighted by Gasteiger charge is 1.96. The van der Waals surface area contributed by atoms with Crippen molar-refractivity contribution in [2.75, 3.05) is 19.0 Å².